The summed E-state index contributed by atoms with van der Waals surface area (Å²) in [6.07, 6.45) is 8.92. The molecule has 2 aromatic rings. The standard InChI is InChI=1S/C18H22N4O.2ClH/c23-17(21-10-6-18(7-11-21)5-8-19-13-18)15-1-3-16(4-2-15)22-12-9-20-14-22;;/h1-4,9,12,14,19H,5-8,10-11,13H2;2*1H. The van der Waals surface area contributed by atoms with Gasteiger partial charge in [-0.2, -0.15) is 0 Å². The molecule has 2 fully saturated rings. The van der Waals surface area contributed by atoms with E-state index in [4.69, 9.17) is 0 Å². The highest BCUT2D eigenvalue weighted by molar-refractivity contribution is 5.94. The van der Waals surface area contributed by atoms with E-state index in [2.05, 4.69) is 10.3 Å². The van der Waals surface area contributed by atoms with Gasteiger partial charge in [-0.1, -0.05) is 0 Å². The molecule has 25 heavy (non-hydrogen) atoms. The molecule has 0 unspecified atom stereocenters. The first kappa shape index (κ1) is 19.8. The highest BCUT2D eigenvalue weighted by atomic mass is 35.5. The maximum atomic E-state index is 12.7. The van der Waals surface area contributed by atoms with Crippen LogP contribution in [0.15, 0.2) is 43.0 Å². The summed E-state index contributed by atoms with van der Waals surface area (Å²) < 4.78 is 1.94. The van der Waals surface area contributed by atoms with Crippen molar-refractivity contribution in [3.8, 4) is 5.69 Å². The molecule has 0 aliphatic carbocycles. The molecule has 7 heteroatoms. The molecule has 136 valence electrons. The Balaban J connectivity index is 0.00000113. The van der Waals surface area contributed by atoms with E-state index in [1.54, 1.807) is 12.5 Å². The molecular formula is C18H24Cl2N4O. The van der Waals surface area contributed by atoms with Crippen LogP contribution in [0.3, 0.4) is 0 Å². The van der Waals surface area contributed by atoms with Crippen molar-refractivity contribution in [2.45, 2.75) is 19.3 Å². The van der Waals surface area contributed by atoms with Crippen LogP contribution in [0.2, 0.25) is 0 Å². The zero-order chi connectivity index (χ0) is 15.7. The largest absolute Gasteiger partial charge is 0.339 e. The van der Waals surface area contributed by atoms with Gasteiger partial charge in [0.15, 0.2) is 0 Å². The second-order valence-electron chi connectivity index (χ2n) is 6.74. The Hall–Kier alpha value is -1.56. The normalized spacial score (nSPS) is 18.5. The molecule has 2 aliphatic heterocycles. The van der Waals surface area contributed by atoms with Crippen molar-refractivity contribution in [3.63, 3.8) is 0 Å². The molecule has 5 nitrogen and oxygen atoms in total. The van der Waals surface area contributed by atoms with Crippen molar-refractivity contribution in [2.24, 2.45) is 5.41 Å². The first-order valence-electron chi connectivity index (χ1n) is 8.34. The van der Waals surface area contributed by atoms with Gasteiger partial charge in [0.2, 0.25) is 0 Å². The molecule has 2 aliphatic rings. The Morgan fingerprint density at radius 1 is 1.08 bits per heavy atom. The van der Waals surface area contributed by atoms with Gasteiger partial charge in [0.05, 0.1) is 6.33 Å². The topological polar surface area (TPSA) is 50.2 Å². The van der Waals surface area contributed by atoms with Gasteiger partial charge in [0.25, 0.3) is 5.91 Å². The Morgan fingerprint density at radius 2 is 1.80 bits per heavy atom. The van der Waals surface area contributed by atoms with Crippen LogP contribution in [-0.4, -0.2) is 46.5 Å². The van der Waals surface area contributed by atoms with Gasteiger partial charge in [-0.15, -0.1) is 24.8 Å². The number of aromatic nitrogens is 2. The minimum atomic E-state index is 0. The third-order valence-corrected chi connectivity index (χ3v) is 5.36. The monoisotopic (exact) mass is 382 g/mol. The van der Waals surface area contributed by atoms with E-state index < -0.39 is 0 Å². The quantitative estimate of drug-likeness (QED) is 0.868. The average Bonchev–Trinajstić information content (AvgIpc) is 3.28. The van der Waals surface area contributed by atoms with Crippen LogP contribution in [0, 0.1) is 5.41 Å². The predicted octanol–water partition coefficient (Wildman–Crippen LogP) is 2.93. The van der Waals surface area contributed by atoms with Crippen molar-refractivity contribution in [2.75, 3.05) is 26.2 Å². The summed E-state index contributed by atoms with van der Waals surface area (Å²) in [5.74, 6) is 0.156. The van der Waals surface area contributed by atoms with Crippen LogP contribution in [0.25, 0.3) is 5.69 Å². The number of benzene rings is 1. The van der Waals surface area contributed by atoms with Crippen molar-refractivity contribution in [1.82, 2.24) is 19.8 Å². The second kappa shape index (κ2) is 8.21. The number of halogens is 2. The molecule has 2 saturated heterocycles. The van der Waals surface area contributed by atoms with E-state index in [-0.39, 0.29) is 30.7 Å². The van der Waals surface area contributed by atoms with Gasteiger partial charge in [0.1, 0.15) is 0 Å². The summed E-state index contributed by atoms with van der Waals surface area (Å²) in [5.41, 5.74) is 2.24. The molecule has 1 amide bonds. The lowest BCUT2D eigenvalue weighted by atomic mass is 9.78. The Kier molecular flexibility index (Phi) is 6.49. The van der Waals surface area contributed by atoms with E-state index in [1.165, 1.54) is 6.42 Å². The highest BCUT2D eigenvalue weighted by Crippen LogP contribution is 2.37. The fraction of sp³-hybridized carbons (Fsp3) is 0.444. The number of hydrogen-bond donors (Lipinski definition) is 1. The molecule has 1 aromatic heterocycles. The molecule has 0 atom stereocenters. The summed E-state index contributed by atoms with van der Waals surface area (Å²) in [6.45, 7) is 4.01. The number of carbonyl (C=O) groups is 1. The van der Waals surface area contributed by atoms with Crippen molar-refractivity contribution < 1.29 is 4.79 Å². The summed E-state index contributed by atoms with van der Waals surface area (Å²) in [6, 6.07) is 7.78. The molecule has 0 bridgehead atoms. The zero-order valence-electron chi connectivity index (χ0n) is 14.1. The van der Waals surface area contributed by atoms with Gasteiger partial charge in [-0.05, 0) is 55.5 Å². The summed E-state index contributed by atoms with van der Waals surface area (Å²) >= 11 is 0. The lowest BCUT2D eigenvalue weighted by molar-refractivity contribution is 0.0607. The Labute approximate surface area is 160 Å². The molecule has 3 heterocycles. The van der Waals surface area contributed by atoms with Crippen LogP contribution in [-0.2, 0) is 0 Å². The third kappa shape index (κ3) is 4.00. The molecule has 1 spiro atoms. The zero-order valence-corrected chi connectivity index (χ0v) is 15.7. The van der Waals surface area contributed by atoms with Crippen LogP contribution in [0.4, 0.5) is 0 Å². The van der Waals surface area contributed by atoms with Crippen LogP contribution >= 0.6 is 24.8 Å². The molecule has 1 aromatic carbocycles. The van der Waals surface area contributed by atoms with Crippen molar-refractivity contribution >= 4 is 30.7 Å². The fourth-order valence-electron chi connectivity index (χ4n) is 3.78. The first-order valence-corrected chi connectivity index (χ1v) is 8.34. The molecular weight excluding hydrogens is 359 g/mol. The van der Waals surface area contributed by atoms with Gasteiger partial charge < -0.3 is 14.8 Å². The smallest absolute Gasteiger partial charge is 0.253 e. The van der Waals surface area contributed by atoms with E-state index in [0.717, 1.165) is 50.3 Å². The lowest BCUT2D eigenvalue weighted by Gasteiger charge is -2.38. The SMILES string of the molecule is Cl.Cl.O=C(c1ccc(-n2ccnc2)cc1)N1CCC2(CCNC2)CC1. The van der Waals surface area contributed by atoms with Crippen molar-refractivity contribution in [1.29, 1.82) is 0 Å². The number of nitrogens with one attached hydrogen (secondary N) is 1. The number of amides is 1. The third-order valence-electron chi connectivity index (χ3n) is 5.36. The maximum absolute atomic E-state index is 12.7. The Morgan fingerprint density at radius 3 is 2.36 bits per heavy atom. The van der Waals surface area contributed by atoms with Gasteiger partial charge >= 0.3 is 0 Å². The van der Waals surface area contributed by atoms with Gasteiger partial charge in [-0.3, -0.25) is 4.79 Å². The summed E-state index contributed by atoms with van der Waals surface area (Å²) in [5, 5.41) is 3.47. The van der Waals surface area contributed by atoms with E-state index in [9.17, 15) is 4.79 Å². The minimum Gasteiger partial charge on any atom is -0.339 e. The first-order chi connectivity index (χ1) is 11.3. The van der Waals surface area contributed by atoms with Crippen molar-refractivity contribution in [3.05, 3.63) is 48.5 Å². The summed E-state index contributed by atoms with van der Waals surface area (Å²) in [7, 11) is 0. The predicted molar refractivity (Wildman–Crippen MR) is 103 cm³/mol. The van der Waals surface area contributed by atoms with Crippen LogP contribution < -0.4 is 5.32 Å². The van der Waals surface area contributed by atoms with E-state index in [0.29, 0.717) is 5.41 Å². The minimum absolute atomic E-state index is 0. The number of likely N-dealkylation sites (tertiary alicyclic amines) is 1. The average molecular weight is 383 g/mol. The number of piperidine rings is 1. The molecule has 0 radical (unpaired) electrons. The number of rotatable bonds is 2. The van der Waals surface area contributed by atoms with Gasteiger partial charge in [0, 0.05) is 43.3 Å². The number of carbonyl (C=O) groups excluding carboxylic acids is 1. The van der Waals surface area contributed by atoms with E-state index in [1.807, 2.05) is 39.9 Å². The number of hydrogen-bond acceptors (Lipinski definition) is 3. The van der Waals surface area contributed by atoms with Gasteiger partial charge in [-0.25, -0.2) is 4.98 Å². The summed E-state index contributed by atoms with van der Waals surface area (Å²) in [4.78, 5) is 18.7. The molecule has 1 N–H and O–H groups in total. The number of imidazole rings is 1. The second-order valence-corrected chi connectivity index (χ2v) is 6.74. The van der Waals surface area contributed by atoms with E-state index >= 15 is 0 Å². The number of nitrogens with zero attached hydrogens (tertiary/aromatic N) is 3. The lowest BCUT2D eigenvalue weighted by Crippen LogP contribution is -2.44. The van der Waals surface area contributed by atoms with Crippen LogP contribution in [0.5, 0.6) is 0 Å². The Bertz CT molecular complexity index is 672. The molecule has 4 rings (SSSR count). The highest BCUT2D eigenvalue weighted by Gasteiger charge is 2.38. The fourth-order valence-corrected chi connectivity index (χ4v) is 3.78. The maximum Gasteiger partial charge on any atom is 0.253 e. The molecule has 0 saturated carbocycles. The van der Waals surface area contributed by atoms with Crippen LogP contribution in [0.1, 0.15) is 29.6 Å².